The Morgan fingerprint density at radius 3 is 2.65 bits per heavy atom. The van der Waals surface area contributed by atoms with Crippen LogP contribution in [0, 0.1) is 0 Å². The molecule has 0 saturated heterocycles. The Kier molecular flexibility index (Phi) is 4.27. The summed E-state index contributed by atoms with van der Waals surface area (Å²) in [5.41, 5.74) is 6.26. The van der Waals surface area contributed by atoms with Crippen molar-refractivity contribution in [2.45, 2.75) is 11.4 Å². The molecule has 1 heterocycles. The van der Waals surface area contributed by atoms with Crippen molar-refractivity contribution in [3.8, 4) is 0 Å². The van der Waals surface area contributed by atoms with Crippen LogP contribution in [0.1, 0.15) is 5.56 Å². The monoisotopic (exact) mass is 311 g/mol. The fourth-order valence-corrected chi connectivity index (χ4v) is 3.09. The van der Waals surface area contributed by atoms with Crippen molar-refractivity contribution in [3.63, 3.8) is 0 Å². The van der Waals surface area contributed by atoms with E-state index in [9.17, 15) is 8.42 Å². The molecule has 2 rings (SSSR count). The van der Waals surface area contributed by atoms with E-state index in [4.69, 9.17) is 17.3 Å². The van der Waals surface area contributed by atoms with Gasteiger partial charge in [-0.25, -0.2) is 13.4 Å². The predicted octanol–water partition coefficient (Wildman–Crippen LogP) is 2.14. The number of anilines is 1. The minimum Gasteiger partial charge on any atom is -0.384 e. The van der Waals surface area contributed by atoms with Crippen LogP contribution in [0.25, 0.3) is 0 Å². The Morgan fingerprint density at radius 2 is 2.00 bits per heavy atom. The number of pyridine rings is 1. The summed E-state index contributed by atoms with van der Waals surface area (Å²) >= 11 is 6.04. The highest BCUT2D eigenvalue weighted by Crippen LogP contribution is 2.21. The van der Waals surface area contributed by atoms with E-state index in [1.54, 1.807) is 18.2 Å². The van der Waals surface area contributed by atoms with Gasteiger partial charge in [0.2, 0.25) is 10.0 Å². The zero-order valence-corrected chi connectivity index (χ0v) is 12.4. The molecule has 0 aliphatic heterocycles. The van der Waals surface area contributed by atoms with Crippen molar-refractivity contribution in [1.29, 1.82) is 0 Å². The summed E-state index contributed by atoms with van der Waals surface area (Å²) in [7, 11) is -2.13. The molecule has 0 amide bonds. The average Bonchev–Trinajstić information content (AvgIpc) is 2.41. The molecule has 7 heteroatoms. The van der Waals surface area contributed by atoms with E-state index >= 15 is 0 Å². The molecule has 1 aromatic heterocycles. The topological polar surface area (TPSA) is 76.3 Å². The highest BCUT2D eigenvalue weighted by atomic mass is 35.5. The number of nitrogens with two attached hydrogens (primary N) is 1. The van der Waals surface area contributed by atoms with Gasteiger partial charge in [-0.15, -0.1) is 0 Å². The highest BCUT2D eigenvalue weighted by molar-refractivity contribution is 7.89. The number of aromatic nitrogens is 1. The first-order valence-corrected chi connectivity index (χ1v) is 7.64. The number of benzene rings is 1. The Balaban J connectivity index is 2.29. The lowest BCUT2D eigenvalue weighted by Gasteiger charge is -2.18. The molecule has 1 aromatic carbocycles. The molecule has 0 radical (unpaired) electrons. The van der Waals surface area contributed by atoms with Crippen molar-refractivity contribution in [3.05, 3.63) is 53.2 Å². The first-order valence-electron chi connectivity index (χ1n) is 5.82. The zero-order valence-electron chi connectivity index (χ0n) is 10.8. The van der Waals surface area contributed by atoms with Gasteiger partial charge in [-0.2, -0.15) is 4.31 Å². The first kappa shape index (κ1) is 14.8. The maximum absolute atomic E-state index is 12.4. The van der Waals surface area contributed by atoms with E-state index in [1.807, 2.05) is 6.07 Å². The molecule has 2 aromatic rings. The third-order valence-electron chi connectivity index (χ3n) is 2.81. The molecule has 5 nitrogen and oxygen atoms in total. The van der Waals surface area contributed by atoms with Crippen LogP contribution in [-0.4, -0.2) is 24.8 Å². The highest BCUT2D eigenvalue weighted by Gasteiger charge is 2.21. The van der Waals surface area contributed by atoms with Crippen LogP contribution in [-0.2, 0) is 16.6 Å². The van der Waals surface area contributed by atoms with Crippen molar-refractivity contribution in [2.24, 2.45) is 0 Å². The van der Waals surface area contributed by atoms with Crippen LogP contribution < -0.4 is 5.73 Å². The molecular formula is C13H14ClN3O2S. The van der Waals surface area contributed by atoms with E-state index in [2.05, 4.69) is 4.98 Å². The number of halogens is 1. The second-order valence-electron chi connectivity index (χ2n) is 4.27. The van der Waals surface area contributed by atoms with Crippen molar-refractivity contribution >= 4 is 27.4 Å². The summed E-state index contributed by atoms with van der Waals surface area (Å²) in [6.07, 6.45) is 1.37. The lowest BCUT2D eigenvalue weighted by Crippen LogP contribution is -2.26. The third-order valence-corrected chi connectivity index (χ3v) is 4.98. The van der Waals surface area contributed by atoms with Gasteiger partial charge in [0.1, 0.15) is 5.82 Å². The van der Waals surface area contributed by atoms with Crippen molar-refractivity contribution in [2.75, 3.05) is 12.8 Å². The van der Waals surface area contributed by atoms with Gasteiger partial charge in [0.05, 0.1) is 4.90 Å². The summed E-state index contributed by atoms with van der Waals surface area (Å²) in [5.74, 6) is 0.164. The van der Waals surface area contributed by atoms with Crippen molar-refractivity contribution < 1.29 is 8.42 Å². The van der Waals surface area contributed by atoms with Gasteiger partial charge in [-0.05, 0) is 17.7 Å². The average molecular weight is 312 g/mol. The van der Waals surface area contributed by atoms with Gasteiger partial charge < -0.3 is 5.73 Å². The number of hydrogen-bond donors (Lipinski definition) is 1. The number of sulfonamides is 1. The quantitative estimate of drug-likeness (QED) is 0.938. The normalized spacial score (nSPS) is 11.8. The van der Waals surface area contributed by atoms with Gasteiger partial charge in [0.15, 0.2) is 0 Å². The van der Waals surface area contributed by atoms with Crippen LogP contribution >= 0.6 is 11.6 Å². The minimum absolute atomic E-state index is 0.111. The summed E-state index contributed by atoms with van der Waals surface area (Å²) in [6.45, 7) is 0.185. The van der Waals surface area contributed by atoms with Crippen LogP contribution in [0.3, 0.4) is 0 Å². The molecule has 0 fully saturated rings. The molecule has 0 saturated carbocycles. The Labute approximate surface area is 123 Å². The Hall–Kier alpha value is -1.63. The maximum atomic E-state index is 12.4. The molecule has 0 atom stereocenters. The molecule has 0 aliphatic rings. The lowest BCUT2D eigenvalue weighted by atomic mass is 10.2. The molecule has 106 valence electrons. The Bertz CT molecular complexity index is 719. The summed E-state index contributed by atoms with van der Waals surface area (Å²) < 4.78 is 26.0. The predicted molar refractivity (Wildman–Crippen MR) is 78.8 cm³/mol. The van der Waals surface area contributed by atoms with E-state index in [0.29, 0.717) is 5.02 Å². The SMILES string of the molecule is CN(Cc1ccccc1Cl)S(=O)(=O)c1ccnc(N)c1. The molecule has 0 spiro atoms. The summed E-state index contributed by atoms with van der Waals surface area (Å²) in [5, 5.41) is 0.531. The summed E-state index contributed by atoms with van der Waals surface area (Å²) in [6, 6.07) is 9.86. The second-order valence-corrected chi connectivity index (χ2v) is 6.72. The summed E-state index contributed by atoms with van der Waals surface area (Å²) in [4.78, 5) is 3.90. The fourth-order valence-electron chi connectivity index (χ4n) is 1.72. The van der Waals surface area contributed by atoms with Crippen LogP contribution in [0.4, 0.5) is 5.82 Å². The molecule has 20 heavy (non-hydrogen) atoms. The number of rotatable bonds is 4. The van der Waals surface area contributed by atoms with Crippen molar-refractivity contribution in [1.82, 2.24) is 9.29 Å². The standard InChI is InChI=1S/C13H14ClN3O2S/c1-17(9-10-4-2-3-5-12(10)14)20(18,19)11-6-7-16-13(15)8-11/h2-8H,9H2,1H3,(H2,15,16). The lowest BCUT2D eigenvalue weighted by molar-refractivity contribution is 0.467. The van der Waals surface area contributed by atoms with Crippen LogP contribution in [0.15, 0.2) is 47.5 Å². The van der Waals surface area contributed by atoms with Gasteiger partial charge in [-0.1, -0.05) is 29.8 Å². The van der Waals surface area contributed by atoms with E-state index in [0.717, 1.165) is 5.56 Å². The number of nitrogen functional groups attached to an aromatic ring is 1. The Morgan fingerprint density at radius 1 is 1.30 bits per heavy atom. The van der Waals surface area contributed by atoms with Gasteiger partial charge in [0, 0.05) is 30.9 Å². The molecule has 0 aliphatic carbocycles. The maximum Gasteiger partial charge on any atom is 0.243 e. The van der Waals surface area contributed by atoms with Gasteiger partial charge in [-0.3, -0.25) is 0 Å². The third kappa shape index (κ3) is 3.09. The zero-order chi connectivity index (χ0) is 14.8. The number of nitrogens with zero attached hydrogens (tertiary/aromatic N) is 2. The molecule has 0 bridgehead atoms. The van der Waals surface area contributed by atoms with E-state index in [-0.39, 0.29) is 17.3 Å². The van der Waals surface area contributed by atoms with E-state index < -0.39 is 10.0 Å². The second kappa shape index (κ2) is 5.78. The van der Waals surface area contributed by atoms with Gasteiger partial charge in [0.25, 0.3) is 0 Å². The number of hydrogen-bond acceptors (Lipinski definition) is 4. The first-order chi connectivity index (χ1) is 9.41. The molecule has 0 unspecified atom stereocenters. The largest absolute Gasteiger partial charge is 0.384 e. The van der Waals surface area contributed by atoms with E-state index in [1.165, 1.54) is 29.7 Å². The fraction of sp³-hybridized carbons (Fsp3) is 0.154. The molecule has 2 N–H and O–H groups in total. The van der Waals surface area contributed by atoms with Crippen LogP contribution in [0.5, 0.6) is 0 Å². The van der Waals surface area contributed by atoms with Crippen LogP contribution in [0.2, 0.25) is 5.02 Å². The van der Waals surface area contributed by atoms with Gasteiger partial charge >= 0.3 is 0 Å². The molecular weight excluding hydrogens is 298 g/mol. The smallest absolute Gasteiger partial charge is 0.243 e. The minimum atomic E-state index is -3.62.